The number of hydrogen-bond donors (Lipinski definition) is 2. The van der Waals surface area contributed by atoms with E-state index in [1.165, 1.54) is 0 Å². The van der Waals surface area contributed by atoms with Gasteiger partial charge in [-0.15, -0.1) is 0 Å². The van der Waals surface area contributed by atoms with Gasteiger partial charge in [0.1, 0.15) is 30.2 Å². The maximum absolute atomic E-state index is 10.2. The van der Waals surface area contributed by atoms with Crippen molar-refractivity contribution >= 4 is 5.65 Å². The van der Waals surface area contributed by atoms with Crippen molar-refractivity contribution in [3.63, 3.8) is 0 Å². The van der Waals surface area contributed by atoms with E-state index >= 15 is 0 Å². The number of ether oxygens (including phenoxy) is 1. The molecule has 0 saturated carbocycles. The third-order valence-corrected chi connectivity index (χ3v) is 4.37. The Morgan fingerprint density at radius 2 is 2.04 bits per heavy atom. The fourth-order valence-electron chi connectivity index (χ4n) is 2.95. The van der Waals surface area contributed by atoms with Crippen LogP contribution in [0, 0.1) is 11.3 Å². The number of fused-ring (bicyclic) bond motifs is 1. The van der Waals surface area contributed by atoms with Gasteiger partial charge in [-0.25, -0.2) is 4.98 Å². The summed E-state index contributed by atoms with van der Waals surface area (Å²) in [4.78, 5) is 4.42. The third kappa shape index (κ3) is 4.85. The van der Waals surface area contributed by atoms with Crippen molar-refractivity contribution in [1.29, 1.82) is 5.26 Å². The second-order valence-corrected chi connectivity index (χ2v) is 7.19. The SMILES string of the molecule is CC(C)(Cc1cnc2ccccn12)NCC(O)COc1ccccc1C#N. The van der Waals surface area contributed by atoms with Gasteiger partial charge in [0.15, 0.2) is 0 Å². The van der Waals surface area contributed by atoms with Crippen LogP contribution < -0.4 is 10.1 Å². The number of aromatic nitrogens is 2. The molecule has 1 atom stereocenters. The number of hydrogen-bond acceptors (Lipinski definition) is 5. The van der Waals surface area contributed by atoms with Gasteiger partial charge in [0.05, 0.1) is 5.56 Å². The van der Waals surface area contributed by atoms with Crippen LogP contribution in [0.25, 0.3) is 5.65 Å². The second-order valence-electron chi connectivity index (χ2n) is 7.19. The number of aliphatic hydroxyl groups is 1. The van der Waals surface area contributed by atoms with Crippen molar-refractivity contribution in [2.45, 2.75) is 31.9 Å². The third-order valence-electron chi connectivity index (χ3n) is 4.37. The number of imidazole rings is 1. The summed E-state index contributed by atoms with van der Waals surface area (Å²) < 4.78 is 7.66. The van der Waals surface area contributed by atoms with Gasteiger partial charge < -0.3 is 19.6 Å². The Morgan fingerprint density at radius 1 is 1.26 bits per heavy atom. The number of β-amino-alcohol motifs (C(OH)–C–C–N with tert-alkyl or cyclic N) is 1. The Morgan fingerprint density at radius 3 is 2.85 bits per heavy atom. The molecule has 0 aliphatic carbocycles. The van der Waals surface area contributed by atoms with Crippen LogP contribution in [0.4, 0.5) is 0 Å². The summed E-state index contributed by atoms with van der Waals surface area (Å²) in [7, 11) is 0. The summed E-state index contributed by atoms with van der Waals surface area (Å²) in [5.74, 6) is 0.490. The number of nitriles is 1. The van der Waals surface area contributed by atoms with Crippen LogP contribution in [0.2, 0.25) is 0 Å². The first-order chi connectivity index (χ1) is 13.0. The van der Waals surface area contributed by atoms with Gasteiger partial charge in [-0.1, -0.05) is 18.2 Å². The summed E-state index contributed by atoms with van der Waals surface area (Å²) in [6, 6.07) is 15.0. The molecule has 0 bridgehead atoms. The first kappa shape index (κ1) is 18.9. The Labute approximate surface area is 159 Å². The molecule has 140 valence electrons. The van der Waals surface area contributed by atoms with Crippen LogP contribution >= 0.6 is 0 Å². The van der Waals surface area contributed by atoms with Crippen molar-refractivity contribution in [2.24, 2.45) is 0 Å². The van der Waals surface area contributed by atoms with Crippen molar-refractivity contribution in [3.05, 3.63) is 66.1 Å². The van der Waals surface area contributed by atoms with Gasteiger partial charge in [-0.3, -0.25) is 0 Å². The fraction of sp³-hybridized carbons (Fsp3) is 0.333. The average Bonchev–Trinajstić information content (AvgIpc) is 3.07. The van der Waals surface area contributed by atoms with E-state index in [1.54, 1.807) is 24.3 Å². The molecule has 2 N–H and O–H groups in total. The normalized spacial score (nSPS) is 12.7. The number of nitrogens with one attached hydrogen (secondary N) is 1. The molecule has 0 saturated heterocycles. The van der Waals surface area contributed by atoms with Crippen molar-refractivity contribution in [2.75, 3.05) is 13.2 Å². The predicted molar refractivity (Wildman–Crippen MR) is 104 cm³/mol. The molecule has 0 spiro atoms. The van der Waals surface area contributed by atoms with Crippen molar-refractivity contribution in [1.82, 2.24) is 14.7 Å². The highest BCUT2D eigenvalue weighted by atomic mass is 16.5. The van der Waals surface area contributed by atoms with E-state index in [0.717, 1.165) is 17.8 Å². The molecule has 3 aromatic rings. The second kappa shape index (κ2) is 8.21. The zero-order chi connectivity index (χ0) is 19.3. The van der Waals surface area contributed by atoms with E-state index in [9.17, 15) is 5.11 Å². The number of rotatable bonds is 8. The van der Waals surface area contributed by atoms with Crippen LogP contribution in [0.1, 0.15) is 25.1 Å². The molecule has 0 fully saturated rings. The molecule has 1 unspecified atom stereocenters. The Kier molecular flexibility index (Phi) is 5.75. The smallest absolute Gasteiger partial charge is 0.137 e. The summed E-state index contributed by atoms with van der Waals surface area (Å²) in [5, 5.41) is 22.7. The molecule has 6 heteroatoms. The van der Waals surface area contributed by atoms with Gasteiger partial charge >= 0.3 is 0 Å². The fourth-order valence-corrected chi connectivity index (χ4v) is 2.95. The van der Waals surface area contributed by atoms with E-state index < -0.39 is 6.10 Å². The van der Waals surface area contributed by atoms with Crippen LogP contribution in [0.15, 0.2) is 54.9 Å². The monoisotopic (exact) mass is 364 g/mol. The van der Waals surface area contributed by atoms with Crippen molar-refractivity contribution < 1.29 is 9.84 Å². The number of aliphatic hydroxyl groups excluding tert-OH is 1. The van der Waals surface area contributed by atoms with Crippen LogP contribution in [0.3, 0.4) is 0 Å². The summed E-state index contributed by atoms with van der Waals surface area (Å²) in [5.41, 5.74) is 2.27. The zero-order valence-corrected chi connectivity index (χ0v) is 15.6. The maximum atomic E-state index is 10.2. The lowest BCUT2D eigenvalue weighted by Gasteiger charge is -2.27. The molecule has 1 aromatic carbocycles. The molecule has 2 aromatic heterocycles. The number of pyridine rings is 1. The zero-order valence-electron chi connectivity index (χ0n) is 15.6. The standard InChI is InChI=1S/C21H24N4O2/c1-21(2,11-17-13-23-20-9-5-6-10-25(17)20)24-14-18(26)15-27-19-8-4-3-7-16(19)12-22/h3-10,13,18,24,26H,11,14-15H2,1-2H3. The average molecular weight is 364 g/mol. The van der Waals surface area contributed by atoms with E-state index in [1.807, 2.05) is 30.6 Å². The number of benzene rings is 1. The van der Waals surface area contributed by atoms with E-state index in [-0.39, 0.29) is 12.1 Å². The molecule has 3 rings (SSSR count). The summed E-state index contributed by atoms with van der Waals surface area (Å²) >= 11 is 0. The summed E-state index contributed by atoms with van der Waals surface area (Å²) in [6.07, 6.45) is 3.97. The van der Waals surface area contributed by atoms with E-state index in [4.69, 9.17) is 10.00 Å². The molecule has 0 amide bonds. The lowest BCUT2D eigenvalue weighted by atomic mass is 9.98. The van der Waals surface area contributed by atoms with Crippen LogP contribution in [0.5, 0.6) is 5.75 Å². The van der Waals surface area contributed by atoms with Crippen LogP contribution in [-0.4, -0.2) is 39.3 Å². The quantitative estimate of drug-likeness (QED) is 0.642. The molecular formula is C21H24N4O2. The Balaban J connectivity index is 1.53. The molecule has 0 aliphatic rings. The largest absolute Gasteiger partial charge is 0.489 e. The molecular weight excluding hydrogens is 340 g/mol. The Hall–Kier alpha value is -2.88. The van der Waals surface area contributed by atoms with Crippen molar-refractivity contribution in [3.8, 4) is 11.8 Å². The van der Waals surface area contributed by atoms with E-state index in [2.05, 4.69) is 34.6 Å². The first-order valence-corrected chi connectivity index (χ1v) is 8.94. The summed E-state index contributed by atoms with van der Waals surface area (Å²) in [6.45, 7) is 4.69. The first-order valence-electron chi connectivity index (χ1n) is 8.94. The van der Waals surface area contributed by atoms with Crippen LogP contribution in [-0.2, 0) is 6.42 Å². The highest BCUT2D eigenvalue weighted by Crippen LogP contribution is 2.17. The molecule has 0 radical (unpaired) electrons. The van der Waals surface area contributed by atoms with Gasteiger partial charge in [0.25, 0.3) is 0 Å². The number of para-hydroxylation sites is 1. The Bertz CT molecular complexity index is 943. The molecule has 2 heterocycles. The topological polar surface area (TPSA) is 82.6 Å². The number of nitrogens with zero attached hydrogens (tertiary/aromatic N) is 3. The predicted octanol–water partition coefficient (Wildman–Crippen LogP) is 2.56. The maximum Gasteiger partial charge on any atom is 0.137 e. The molecule has 6 nitrogen and oxygen atoms in total. The highest BCUT2D eigenvalue weighted by molar-refractivity contribution is 5.42. The van der Waals surface area contributed by atoms with Gasteiger partial charge in [-0.2, -0.15) is 5.26 Å². The van der Waals surface area contributed by atoms with E-state index in [0.29, 0.717) is 17.9 Å². The highest BCUT2D eigenvalue weighted by Gasteiger charge is 2.21. The van der Waals surface area contributed by atoms with Gasteiger partial charge in [0.2, 0.25) is 0 Å². The lowest BCUT2D eigenvalue weighted by molar-refractivity contribution is 0.0986. The molecule has 27 heavy (non-hydrogen) atoms. The lowest BCUT2D eigenvalue weighted by Crippen LogP contribution is -2.46. The van der Waals surface area contributed by atoms with Gasteiger partial charge in [-0.05, 0) is 38.1 Å². The minimum Gasteiger partial charge on any atom is -0.489 e. The molecule has 0 aliphatic heterocycles. The van der Waals surface area contributed by atoms with Gasteiger partial charge in [0, 0.05) is 36.6 Å². The minimum atomic E-state index is -0.682. The minimum absolute atomic E-state index is 0.122.